The van der Waals surface area contributed by atoms with E-state index in [0.29, 0.717) is 13.2 Å². The summed E-state index contributed by atoms with van der Waals surface area (Å²) in [6.07, 6.45) is 5.43. The number of benzene rings is 2. The summed E-state index contributed by atoms with van der Waals surface area (Å²) in [6.45, 7) is 1.14. The first-order chi connectivity index (χ1) is 15.7. The molecule has 0 saturated heterocycles. The van der Waals surface area contributed by atoms with Gasteiger partial charge in [-0.3, -0.25) is 4.98 Å². The first-order valence-electron chi connectivity index (χ1n) is 10.7. The molecule has 0 radical (unpaired) electrons. The highest BCUT2D eigenvalue weighted by Crippen LogP contribution is 2.39. The van der Waals surface area contributed by atoms with E-state index in [1.54, 1.807) is 31.6 Å². The van der Waals surface area contributed by atoms with Gasteiger partial charge in [0.15, 0.2) is 0 Å². The number of halogens is 1. The fraction of sp³-hybridized carbons (Fsp3) is 0.231. The molecule has 3 heterocycles. The fourth-order valence-corrected chi connectivity index (χ4v) is 4.26. The molecule has 2 aromatic carbocycles. The molecule has 5 rings (SSSR count). The number of fused-ring (bicyclic) bond motifs is 1. The van der Waals surface area contributed by atoms with Crippen LogP contribution in [0.2, 0.25) is 0 Å². The molecular weight excluding hydrogens is 405 g/mol. The molecule has 2 aromatic heterocycles. The van der Waals surface area contributed by atoms with Crippen LogP contribution in [0.5, 0.6) is 5.75 Å². The summed E-state index contributed by atoms with van der Waals surface area (Å²) in [4.78, 5) is 9.12. The average molecular weight is 429 g/mol. The van der Waals surface area contributed by atoms with E-state index in [1.807, 2.05) is 36.4 Å². The summed E-state index contributed by atoms with van der Waals surface area (Å²) in [6, 6.07) is 18.6. The Bertz CT molecular complexity index is 1190. The Kier molecular flexibility index (Phi) is 5.69. The quantitative estimate of drug-likeness (QED) is 0.391. The van der Waals surface area contributed by atoms with Crippen molar-refractivity contribution < 1.29 is 13.9 Å². The molecule has 1 aliphatic rings. The molecule has 0 unspecified atom stereocenters. The molecule has 6 heteroatoms. The standard InChI is InChI=1S/C26H24FN3O2/c1-31-23-9-2-18(3-10-23)16-32-17-22-8-11-24-29-25(19-4-6-21(27)7-5-19)26(30(22)24)20-12-14-28-15-13-20/h2-7,9-10,12-15,22H,8,11,16-17H2,1H3/t22-/m0/s1. The molecule has 0 amide bonds. The van der Waals surface area contributed by atoms with Crippen molar-refractivity contribution in [3.05, 3.63) is 90.3 Å². The van der Waals surface area contributed by atoms with Crippen LogP contribution in [0.25, 0.3) is 22.5 Å². The lowest BCUT2D eigenvalue weighted by molar-refractivity contribution is 0.0925. The van der Waals surface area contributed by atoms with Crippen molar-refractivity contribution in [1.82, 2.24) is 14.5 Å². The van der Waals surface area contributed by atoms with Crippen molar-refractivity contribution in [2.24, 2.45) is 0 Å². The van der Waals surface area contributed by atoms with E-state index in [-0.39, 0.29) is 11.9 Å². The number of hydrogen-bond donors (Lipinski definition) is 0. The zero-order valence-corrected chi connectivity index (χ0v) is 17.9. The highest BCUT2D eigenvalue weighted by molar-refractivity contribution is 5.79. The topological polar surface area (TPSA) is 49.2 Å². The molecule has 1 atom stereocenters. The molecule has 0 spiro atoms. The number of rotatable bonds is 7. The predicted octanol–water partition coefficient (Wildman–Crippen LogP) is 5.46. The van der Waals surface area contributed by atoms with Crippen LogP contribution in [-0.2, 0) is 17.8 Å². The van der Waals surface area contributed by atoms with Crippen LogP contribution in [0.1, 0.15) is 23.9 Å². The van der Waals surface area contributed by atoms with Gasteiger partial charge < -0.3 is 14.0 Å². The number of hydrogen-bond acceptors (Lipinski definition) is 4. The summed E-state index contributed by atoms with van der Waals surface area (Å²) < 4.78 is 27.1. The van der Waals surface area contributed by atoms with Gasteiger partial charge in [0, 0.05) is 29.9 Å². The van der Waals surface area contributed by atoms with Gasteiger partial charge >= 0.3 is 0 Å². The third kappa shape index (κ3) is 4.01. The number of methoxy groups -OCH3 is 1. The molecule has 0 saturated carbocycles. The number of imidazole rings is 1. The largest absolute Gasteiger partial charge is 0.497 e. The van der Waals surface area contributed by atoms with Crippen molar-refractivity contribution in [2.45, 2.75) is 25.5 Å². The molecule has 5 nitrogen and oxygen atoms in total. The molecule has 4 aromatic rings. The number of ether oxygens (including phenoxy) is 2. The van der Waals surface area contributed by atoms with Crippen molar-refractivity contribution >= 4 is 0 Å². The van der Waals surface area contributed by atoms with Crippen LogP contribution in [0, 0.1) is 5.82 Å². The molecule has 0 bridgehead atoms. The van der Waals surface area contributed by atoms with Crippen LogP contribution < -0.4 is 4.74 Å². The van der Waals surface area contributed by atoms with Crippen LogP contribution in [0.4, 0.5) is 4.39 Å². The number of aryl methyl sites for hydroxylation is 1. The second kappa shape index (κ2) is 8.93. The average Bonchev–Trinajstić information content (AvgIpc) is 3.40. The van der Waals surface area contributed by atoms with E-state index in [4.69, 9.17) is 14.5 Å². The Hall–Kier alpha value is -3.51. The van der Waals surface area contributed by atoms with E-state index >= 15 is 0 Å². The Morgan fingerprint density at radius 2 is 1.72 bits per heavy atom. The highest BCUT2D eigenvalue weighted by atomic mass is 19.1. The van der Waals surface area contributed by atoms with E-state index in [9.17, 15) is 4.39 Å². The van der Waals surface area contributed by atoms with Crippen LogP contribution >= 0.6 is 0 Å². The SMILES string of the molecule is COc1ccc(COC[C@@H]2CCc3nc(-c4ccc(F)cc4)c(-c4ccncc4)n32)cc1. The molecule has 32 heavy (non-hydrogen) atoms. The van der Waals surface area contributed by atoms with E-state index < -0.39 is 0 Å². The minimum atomic E-state index is -0.254. The monoisotopic (exact) mass is 429 g/mol. The number of nitrogens with zero attached hydrogens (tertiary/aromatic N) is 3. The Morgan fingerprint density at radius 1 is 0.969 bits per heavy atom. The van der Waals surface area contributed by atoms with Crippen LogP contribution in [0.15, 0.2) is 73.1 Å². The number of aromatic nitrogens is 3. The summed E-state index contributed by atoms with van der Waals surface area (Å²) in [7, 11) is 1.66. The number of pyridine rings is 1. The van der Waals surface area contributed by atoms with Gasteiger partial charge in [-0.25, -0.2) is 9.37 Å². The molecule has 0 fully saturated rings. The van der Waals surface area contributed by atoms with Crippen molar-refractivity contribution in [3.8, 4) is 28.3 Å². The van der Waals surface area contributed by atoms with Gasteiger partial charge in [-0.1, -0.05) is 12.1 Å². The molecular formula is C26H24FN3O2. The van der Waals surface area contributed by atoms with E-state index in [1.165, 1.54) is 12.1 Å². The third-order valence-corrected chi connectivity index (χ3v) is 5.86. The second-order valence-electron chi connectivity index (χ2n) is 7.89. The van der Waals surface area contributed by atoms with E-state index in [2.05, 4.69) is 9.55 Å². The summed E-state index contributed by atoms with van der Waals surface area (Å²) >= 11 is 0. The Morgan fingerprint density at radius 3 is 2.44 bits per heavy atom. The lowest BCUT2D eigenvalue weighted by Gasteiger charge is -2.18. The van der Waals surface area contributed by atoms with Gasteiger partial charge in [-0.2, -0.15) is 0 Å². The molecule has 0 N–H and O–H groups in total. The maximum absolute atomic E-state index is 13.5. The zero-order valence-electron chi connectivity index (χ0n) is 17.9. The smallest absolute Gasteiger partial charge is 0.123 e. The predicted molar refractivity (Wildman–Crippen MR) is 121 cm³/mol. The Balaban J connectivity index is 1.43. The zero-order chi connectivity index (χ0) is 21.9. The minimum absolute atomic E-state index is 0.188. The molecule has 162 valence electrons. The van der Waals surface area contributed by atoms with Crippen molar-refractivity contribution in [2.75, 3.05) is 13.7 Å². The maximum atomic E-state index is 13.5. The van der Waals surface area contributed by atoms with Crippen LogP contribution in [-0.4, -0.2) is 28.3 Å². The first-order valence-corrected chi connectivity index (χ1v) is 10.7. The third-order valence-electron chi connectivity index (χ3n) is 5.86. The normalized spacial score (nSPS) is 15.0. The van der Waals surface area contributed by atoms with Gasteiger partial charge in [0.25, 0.3) is 0 Å². The van der Waals surface area contributed by atoms with Gasteiger partial charge in [-0.15, -0.1) is 0 Å². The first kappa shape index (κ1) is 20.4. The fourth-order valence-electron chi connectivity index (χ4n) is 4.26. The van der Waals surface area contributed by atoms with Crippen molar-refractivity contribution in [1.29, 1.82) is 0 Å². The summed E-state index contributed by atoms with van der Waals surface area (Å²) in [5.41, 5.74) is 4.95. The molecule has 0 aliphatic carbocycles. The second-order valence-corrected chi connectivity index (χ2v) is 7.89. The lowest BCUT2D eigenvalue weighted by atomic mass is 10.0. The van der Waals surface area contributed by atoms with Gasteiger partial charge in [0.2, 0.25) is 0 Å². The van der Waals surface area contributed by atoms with Gasteiger partial charge in [0.05, 0.1) is 37.8 Å². The minimum Gasteiger partial charge on any atom is -0.497 e. The van der Waals surface area contributed by atoms with Crippen molar-refractivity contribution in [3.63, 3.8) is 0 Å². The highest BCUT2D eigenvalue weighted by Gasteiger charge is 2.30. The maximum Gasteiger partial charge on any atom is 0.123 e. The Labute approximate surface area is 186 Å². The van der Waals surface area contributed by atoms with Gasteiger partial charge in [-0.05, 0) is 60.5 Å². The summed E-state index contributed by atoms with van der Waals surface area (Å²) in [5.74, 6) is 1.62. The molecule has 1 aliphatic heterocycles. The van der Waals surface area contributed by atoms with E-state index in [0.717, 1.165) is 52.5 Å². The lowest BCUT2D eigenvalue weighted by Crippen LogP contribution is -2.13. The van der Waals surface area contributed by atoms with Gasteiger partial charge in [0.1, 0.15) is 17.4 Å². The van der Waals surface area contributed by atoms with Crippen LogP contribution in [0.3, 0.4) is 0 Å². The summed E-state index contributed by atoms with van der Waals surface area (Å²) in [5, 5.41) is 0.